The first-order valence-electron chi connectivity index (χ1n) is 10.1. The second kappa shape index (κ2) is 9.62. The molecule has 4 aromatic rings. The van der Waals surface area contributed by atoms with E-state index in [1.165, 1.54) is 12.1 Å². The SMILES string of the molecule is O=C(O)c1cccc(NC(=O)c2ccc(OCc3cccc(-c4ccccc4)c3)cc2)c1. The summed E-state index contributed by atoms with van der Waals surface area (Å²) in [6.07, 6.45) is 0. The molecule has 0 saturated carbocycles. The lowest BCUT2D eigenvalue weighted by molar-refractivity contribution is 0.0696. The number of amides is 1. The second-order valence-electron chi connectivity index (χ2n) is 7.22. The van der Waals surface area contributed by atoms with Gasteiger partial charge in [0.05, 0.1) is 5.56 Å². The number of carbonyl (C=O) groups excluding carboxylic acids is 1. The number of hydrogen-bond acceptors (Lipinski definition) is 3. The summed E-state index contributed by atoms with van der Waals surface area (Å²) in [6.45, 7) is 0.411. The van der Waals surface area contributed by atoms with Crippen molar-refractivity contribution in [1.29, 1.82) is 0 Å². The third-order valence-electron chi connectivity index (χ3n) is 4.92. The monoisotopic (exact) mass is 423 g/mol. The van der Waals surface area contributed by atoms with Gasteiger partial charge < -0.3 is 15.2 Å². The number of anilines is 1. The van der Waals surface area contributed by atoms with E-state index in [1.807, 2.05) is 30.3 Å². The molecule has 0 aliphatic rings. The topological polar surface area (TPSA) is 75.6 Å². The second-order valence-corrected chi connectivity index (χ2v) is 7.22. The molecule has 1 amide bonds. The van der Waals surface area contributed by atoms with Crippen LogP contribution < -0.4 is 10.1 Å². The smallest absolute Gasteiger partial charge is 0.335 e. The summed E-state index contributed by atoms with van der Waals surface area (Å²) in [5.74, 6) is -0.717. The van der Waals surface area contributed by atoms with Crippen LogP contribution in [0.5, 0.6) is 5.75 Å². The molecular formula is C27H21NO4. The molecule has 0 aliphatic carbocycles. The van der Waals surface area contributed by atoms with Crippen molar-refractivity contribution in [2.45, 2.75) is 6.61 Å². The average molecular weight is 423 g/mol. The van der Waals surface area contributed by atoms with Gasteiger partial charge in [0, 0.05) is 11.3 Å². The number of carbonyl (C=O) groups is 2. The van der Waals surface area contributed by atoms with E-state index in [0.717, 1.165) is 16.7 Å². The Morgan fingerprint density at radius 2 is 1.44 bits per heavy atom. The number of benzene rings is 4. The molecule has 0 aromatic heterocycles. The molecule has 0 aliphatic heterocycles. The zero-order chi connectivity index (χ0) is 22.3. The molecule has 5 heteroatoms. The largest absolute Gasteiger partial charge is 0.489 e. The molecule has 0 spiro atoms. The van der Waals surface area contributed by atoms with Crippen LogP contribution in [-0.4, -0.2) is 17.0 Å². The van der Waals surface area contributed by atoms with Crippen LogP contribution >= 0.6 is 0 Å². The van der Waals surface area contributed by atoms with Crippen molar-refractivity contribution in [1.82, 2.24) is 0 Å². The van der Waals surface area contributed by atoms with Gasteiger partial charge in [-0.3, -0.25) is 4.79 Å². The lowest BCUT2D eigenvalue weighted by Crippen LogP contribution is -2.12. The van der Waals surface area contributed by atoms with Crippen LogP contribution in [-0.2, 0) is 6.61 Å². The summed E-state index contributed by atoms with van der Waals surface area (Å²) in [5.41, 5.74) is 4.32. The molecule has 0 atom stereocenters. The number of nitrogens with one attached hydrogen (secondary N) is 1. The van der Waals surface area contributed by atoms with Gasteiger partial charge in [0.25, 0.3) is 5.91 Å². The normalized spacial score (nSPS) is 10.4. The van der Waals surface area contributed by atoms with E-state index in [9.17, 15) is 9.59 Å². The van der Waals surface area contributed by atoms with Gasteiger partial charge >= 0.3 is 5.97 Å². The van der Waals surface area contributed by atoms with Crippen LogP contribution in [0.25, 0.3) is 11.1 Å². The molecule has 0 radical (unpaired) electrons. The third-order valence-corrected chi connectivity index (χ3v) is 4.92. The summed E-state index contributed by atoms with van der Waals surface area (Å²) in [7, 11) is 0. The Balaban J connectivity index is 1.37. The van der Waals surface area contributed by atoms with E-state index in [-0.39, 0.29) is 11.5 Å². The zero-order valence-electron chi connectivity index (χ0n) is 17.2. The lowest BCUT2D eigenvalue weighted by atomic mass is 10.0. The minimum Gasteiger partial charge on any atom is -0.489 e. The molecule has 4 rings (SSSR count). The molecule has 0 unspecified atom stereocenters. The molecule has 0 fully saturated rings. The van der Waals surface area contributed by atoms with Crippen LogP contribution in [0.15, 0.2) is 103 Å². The van der Waals surface area contributed by atoms with E-state index < -0.39 is 5.97 Å². The predicted molar refractivity (Wildman–Crippen MR) is 124 cm³/mol. The Morgan fingerprint density at radius 3 is 2.19 bits per heavy atom. The molecule has 5 nitrogen and oxygen atoms in total. The van der Waals surface area contributed by atoms with Crippen LogP contribution in [0.3, 0.4) is 0 Å². The number of carboxylic acids is 1. The standard InChI is InChI=1S/C27H21NO4/c29-26(28-24-11-5-10-23(17-24)27(30)31)21-12-14-25(15-13-21)32-18-19-6-4-9-22(16-19)20-7-2-1-3-8-20/h1-17H,18H2,(H,28,29)(H,30,31). The van der Waals surface area contributed by atoms with Crippen molar-refractivity contribution in [3.8, 4) is 16.9 Å². The lowest BCUT2D eigenvalue weighted by Gasteiger charge is -2.10. The van der Waals surface area contributed by atoms with E-state index >= 15 is 0 Å². The van der Waals surface area contributed by atoms with Crippen LogP contribution in [0, 0.1) is 0 Å². The number of ether oxygens (including phenoxy) is 1. The first kappa shape index (κ1) is 20.9. The zero-order valence-corrected chi connectivity index (χ0v) is 17.2. The highest BCUT2D eigenvalue weighted by Crippen LogP contribution is 2.21. The van der Waals surface area contributed by atoms with E-state index in [2.05, 4.69) is 29.6 Å². The van der Waals surface area contributed by atoms with Gasteiger partial charge in [-0.1, -0.05) is 54.6 Å². The Hall–Kier alpha value is -4.38. The van der Waals surface area contributed by atoms with Crippen molar-refractivity contribution >= 4 is 17.6 Å². The van der Waals surface area contributed by atoms with Gasteiger partial charge in [-0.2, -0.15) is 0 Å². The fraction of sp³-hybridized carbons (Fsp3) is 0.0370. The summed E-state index contributed by atoms with van der Waals surface area (Å²) in [5, 5.41) is 11.8. The molecule has 2 N–H and O–H groups in total. The van der Waals surface area contributed by atoms with Crippen LogP contribution in [0.4, 0.5) is 5.69 Å². The molecule has 0 heterocycles. The molecule has 0 bridgehead atoms. The summed E-state index contributed by atoms with van der Waals surface area (Å²) in [4.78, 5) is 23.5. The summed E-state index contributed by atoms with van der Waals surface area (Å²) >= 11 is 0. The summed E-state index contributed by atoms with van der Waals surface area (Å²) < 4.78 is 5.88. The van der Waals surface area contributed by atoms with E-state index in [0.29, 0.717) is 23.6 Å². The van der Waals surface area contributed by atoms with Gasteiger partial charge in [-0.05, 0) is 65.2 Å². The molecule has 32 heavy (non-hydrogen) atoms. The van der Waals surface area contributed by atoms with Crippen molar-refractivity contribution in [2.24, 2.45) is 0 Å². The van der Waals surface area contributed by atoms with Gasteiger partial charge in [0.2, 0.25) is 0 Å². The highest BCUT2D eigenvalue weighted by molar-refractivity contribution is 6.04. The molecule has 158 valence electrons. The Kier molecular flexibility index (Phi) is 6.28. The quantitative estimate of drug-likeness (QED) is 0.389. The van der Waals surface area contributed by atoms with Crippen molar-refractivity contribution < 1.29 is 19.4 Å². The Bertz CT molecular complexity index is 1230. The van der Waals surface area contributed by atoms with Crippen LogP contribution in [0.1, 0.15) is 26.3 Å². The maximum absolute atomic E-state index is 12.5. The predicted octanol–water partition coefficient (Wildman–Crippen LogP) is 5.88. The average Bonchev–Trinajstić information content (AvgIpc) is 2.84. The van der Waals surface area contributed by atoms with Gasteiger partial charge in [0.1, 0.15) is 12.4 Å². The fourth-order valence-electron chi connectivity index (χ4n) is 3.27. The fourth-order valence-corrected chi connectivity index (χ4v) is 3.27. The number of aromatic carboxylic acids is 1. The van der Waals surface area contributed by atoms with Gasteiger partial charge in [0.15, 0.2) is 0 Å². The minimum absolute atomic E-state index is 0.114. The number of carboxylic acid groups (broad SMARTS) is 1. The van der Waals surface area contributed by atoms with Gasteiger partial charge in [-0.15, -0.1) is 0 Å². The molecular weight excluding hydrogens is 402 g/mol. The minimum atomic E-state index is -1.04. The molecule has 0 saturated heterocycles. The van der Waals surface area contributed by atoms with Crippen molar-refractivity contribution in [3.05, 3.63) is 120 Å². The maximum Gasteiger partial charge on any atom is 0.335 e. The Labute approximate surface area is 185 Å². The van der Waals surface area contributed by atoms with Crippen molar-refractivity contribution in [2.75, 3.05) is 5.32 Å². The third kappa shape index (κ3) is 5.21. The first-order chi connectivity index (χ1) is 15.6. The first-order valence-corrected chi connectivity index (χ1v) is 10.1. The maximum atomic E-state index is 12.5. The van der Waals surface area contributed by atoms with E-state index in [1.54, 1.807) is 36.4 Å². The molecule has 4 aromatic carbocycles. The Morgan fingerprint density at radius 1 is 0.719 bits per heavy atom. The highest BCUT2D eigenvalue weighted by atomic mass is 16.5. The number of hydrogen-bond donors (Lipinski definition) is 2. The number of rotatable bonds is 7. The highest BCUT2D eigenvalue weighted by Gasteiger charge is 2.09. The van der Waals surface area contributed by atoms with Gasteiger partial charge in [-0.25, -0.2) is 4.79 Å². The summed E-state index contributed by atoms with van der Waals surface area (Å²) in [6, 6.07) is 31.3. The van der Waals surface area contributed by atoms with E-state index in [4.69, 9.17) is 9.84 Å². The van der Waals surface area contributed by atoms with Crippen molar-refractivity contribution in [3.63, 3.8) is 0 Å². The van der Waals surface area contributed by atoms with Crippen LogP contribution in [0.2, 0.25) is 0 Å².